The lowest BCUT2D eigenvalue weighted by atomic mass is 9.93. The molecule has 34 heavy (non-hydrogen) atoms. The summed E-state index contributed by atoms with van der Waals surface area (Å²) in [4.78, 5) is 28.1. The summed E-state index contributed by atoms with van der Waals surface area (Å²) in [6.07, 6.45) is 0. The quantitative estimate of drug-likeness (QED) is 0.309. The van der Waals surface area contributed by atoms with Crippen LogP contribution in [-0.4, -0.2) is 23.9 Å². The van der Waals surface area contributed by atoms with Crippen molar-refractivity contribution in [2.45, 2.75) is 33.7 Å². The Morgan fingerprint density at radius 2 is 1.50 bits per heavy atom. The van der Waals surface area contributed by atoms with Crippen LogP contribution in [0.5, 0.6) is 5.75 Å². The van der Waals surface area contributed by atoms with Crippen molar-refractivity contribution in [3.05, 3.63) is 99.4 Å². The molecular weight excluding hydrogens is 433 g/mol. The van der Waals surface area contributed by atoms with E-state index in [-0.39, 0.29) is 11.3 Å². The lowest BCUT2D eigenvalue weighted by Crippen LogP contribution is -2.29. The molecule has 4 rings (SSSR count). The summed E-state index contributed by atoms with van der Waals surface area (Å²) in [5.41, 5.74) is 4.78. The minimum absolute atomic E-state index is 0.0703. The summed E-state index contributed by atoms with van der Waals surface area (Å²) < 4.78 is 19.3. The van der Waals surface area contributed by atoms with Gasteiger partial charge in [-0.05, 0) is 85.8 Å². The lowest BCUT2D eigenvalue weighted by Gasteiger charge is -2.26. The molecule has 0 radical (unpaired) electrons. The van der Waals surface area contributed by atoms with E-state index in [9.17, 15) is 19.1 Å². The molecule has 1 N–H and O–H groups in total. The number of hydrogen-bond acceptors (Lipinski definition) is 4. The molecule has 174 valence electrons. The van der Waals surface area contributed by atoms with Crippen LogP contribution < -0.4 is 9.64 Å². The van der Waals surface area contributed by atoms with Gasteiger partial charge in [0.15, 0.2) is 0 Å². The van der Waals surface area contributed by atoms with E-state index in [1.54, 1.807) is 6.07 Å². The number of halogens is 1. The van der Waals surface area contributed by atoms with Crippen LogP contribution in [0.2, 0.25) is 0 Å². The molecule has 0 spiro atoms. The Balaban J connectivity index is 2.02. The van der Waals surface area contributed by atoms with E-state index in [4.69, 9.17) is 4.74 Å². The number of nitrogens with zero attached hydrogens (tertiary/aromatic N) is 1. The first kappa shape index (κ1) is 23.2. The zero-order valence-electron chi connectivity index (χ0n) is 19.8. The smallest absolute Gasteiger partial charge is 0.300 e. The Hall–Kier alpha value is -3.93. The van der Waals surface area contributed by atoms with Gasteiger partial charge in [0.05, 0.1) is 24.3 Å². The normalized spacial score (nSPS) is 17.4. The molecule has 3 aromatic carbocycles. The average molecular weight is 460 g/mol. The van der Waals surface area contributed by atoms with Crippen LogP contribution in [0, 0.1) is 33.5 Å². The molecule has 0 aliphatic carbocycles. The van der Waals surface area contributed by atoms with Crippen LogP contribution in [0.1, 0.15) is 39.4 Å². The van der Waals surface area contributed by atoms with Gasteiger partial charge in [0.25, 0.3) is 11.7 Å². The van der Waals surface area contributed by atoms with E-state index in [1.165, 1.54) is 36.3 Å². The monoisotopic (exact) mass is 459 g/mol. The van der Waals surface area contributed by atoms with Crippen molar-refractivity contribution in [2.75, 3.05) is 12.0 Å². The first-order valence-corrected chi connectivity index (χ1v) is 10.9. The number of carbonyl (C=O) groups is 2. The van der Waals surface area contributed by atoms with Crippen molar-refractivity contribution in [1.29, 1.82) is 0 Å². The van der Waals surface area contributed by atoms with E-state index in [2.05, 4.69) is 0 Å². The Morgan fingerprint density at radius 1 is 0.912 bits per heavy atom. The molecule has 1 amide bonds. The summed E-state index contributed by atoms with van der Waals surface area (Å²) in [5, 5.41) is 11.5. The average Bonchev–Trinajstić information content (AvgIpc) is 3.03. The summed E-state index contributed by atoms with van der Waals surface area (Å²) in [6.45, 7) is 7.52. The highest BCUT2D eigenvalue weighted by atomic mass is 19.1. The Labute approximate surface area is 198 Å². The van der Waals surface area contributed by atoms with Crippen LogP contribution in [0.25, 0.3) is 5.76 Å². The van der Waals surface area contributed by atoms with Crippen LogP contribution in [0.3, 0.4) is 0 Å². The van der Waals surface area contributed by atoms with Gasteiger partial charge in [-0.2, -0.15) is 0 Å². The Kier molecular flexibility index (Phi) is 6.00. The standard InChI is InChI=1S/C28H26FNO4/c1-15-10-16(2)13-21(12-15)30-24(19-6-8-20(29)9-7-19)23(26(32)28(30)33)25(31)22-14-17(3)11-18(4)27(22)34-5/h6-14,24,31H,1-5H3/b25-23+. The first-order valence-electron chi connectivity index (χ1n) is 10.9. The number of hydrogen-bond donors (Lipinski definition) is 1. The fourth-order valence-electron chi connectivity index (χ4n) is 4.70. The summed E-state index contributed by atoms with van der Waals surface area (Å²) in [6, 6.07) is 13.9. The number of carbonyl (C=O) groups excluding carboxylic acids is 2. The van der Waals surface area contributed by atoms with E-state index < -0.39 is 23.5 Å². The number of aliphatic hydroxyl groups is 1. The number of methoxy groups -OCH3 is 1. The largest absolute Gasteiger partial charge is 0.507 e. The predicted molar refractivity (Wildman–Crippen MR) is 130 cm³/mol. The van der Waals surface area contributed by atoms with Gasteiger partial charge in [-0.15, -0.1) is 0 Å². The fraction of sp³-hybridized carbons (Fsp3) is 0.214. The van der Waals surface area contributed by atoms with Crippen molar-refractivity contribution in [3.63, 3.8) is 0 Å². The number of aliphatic hydroxyl groups excluding tert-OH is 1. The minimum Gasteiger partial charge on any atom is -0.507 e. The van der Waals surface area contributed by atoms with E-state index in [1.807, 2.05) is 52.0 Å². The van der Waals surface area contributed by atoms with Gasteiger partial charge in [0, 0.05) is 5.69 Å². The van der Waals surface area contributed by atoms with Gasteiger partial charge in [-0.25, -0.2) is 4.39 Å². The van der Waals surface area contributed by atoms with Gasteiger partial charge < -0.3 is 9.84 Å². The molecule has 1 saturated heterocycles. The molecule has 0 bridgehead atoms. The zero-order valence-corrected chi connectivity index (χ0v) is 19.8. The number of ketones is 1. The maximum Gasteiger partial charge on any atom is 0.300 e. The molecule has 3 aromatic rings. The Morgan fingerprint density at radius 3 is 2.09 bits per heavy atom. The topological polar surface area (TPSA) is 66.8 Å². The van der Waals surface area contributed by atoms with Gasteiger partial charge in [-0.1, -0.05) is 24.3 Å². The maximum atomic E-state index is 13.7. The first-order chi connectivity index (χ1) is 16.1. The van der Waals surface area contributed by atoms with Crippen molar-refractivity contribution in [1.82, 2.24) is 0 Å². The van der Waals surface area contributed by atoms with Crippen LogP contribution in [-0.2, 0) is 9.59 Å². The highest BCUT2D eigenvalue weighted by Gasteiger charge is 2.47. The van der Waals surface area contributed by atoms with Crippen molar-refractivity contribution in [3.8, 4) is 5.75 Å². The number of amides is 1. The highest BCUT2D eigenvalue weighted by molar-refractivity contribution is 6.51. The number of ether oxygens (including phenoxy) is 1. The number of benzene rings is 3. The van der Waals surface area contributed by atoms with E-state index in [0.717, 1.165) is 22.3 Å². The summed E-state index contributed by atoms with van der Waals surface area (Å²) in [5.74, 6) is -1.93. The third-order valence-corrected chi connectivity index (χ3v) is 5.99. The number of aryl methyl sites for hydroxylation is 4. The predicted octanol–water partition coefficient (Wildman–Crippen LogP) is 5.69. The lowest BCUT2D eigenvalue weighted by molar-refractivity contribution is -0.132. The molecule has 1 unspecified atom stereocenters. The second kappa shape index (κ2) is 8.78. The molecule has 1 aliphatic heterocycles. The fourth-order valence-corrected chi connectivity index (χ4v) is 4.70. The van der Waals surface area contributed by atoms with Gasteiger partial charge in [0.1, 0.15) is 17.3 Å². The molecule has 1 atom stereocenters. The third kappa shape index (κ3) is 3.96. The molecular formula is C28H26FNO4. The number of rotatable bonds is 4. The van der Waals surface area contributed by atoms with Gasteiger partial charge in [-0.3, -0.25) is 14.5 Å². The van der Waals surface area contributed by atoms with E-state index >= 15 is 0 Å². The maximum absolute atomic E-state index is 13.7. The molecule has 6 heteroatoms. The summed E-state index contributed by atoms with van der Waals surface area (Å²) in [7, 11) is 1.49. The Bertz CT molecular complexity index is 1320. The van der Waals surface area contributed by atoms with Crippen LogP contribution >= 0.6 is 0 Å². The van der Waals surface area contributed by atoms with Crippen molar-refractivity contribution < 1.29 is 23.8 Å². The molecule has 1 fully saturated rings. The molecule has 0 aromatic heterocycles. The molecule has 0 saturated carbocycles. The minimum atomic E-state index is -0.938. The van der Waals surface area contributed by atoms with Crippen LogP contribution in [0.15, 0.2) is 60.2 Å². The molecule has 1 aliphatic rings. The van der Waals surface area contributed by atoms with Crippen molar-refractivity contribution in [2.24, 2.45) is 0 Å². The molecule has 5 nitrogen and oxygen atoms in total. The van der Waals surface area contributed by atoms with Crippen molar-refractivity contribution >= 4 is 23.1 Å². The van der Waals surface area contributed by atoms with E-state index in [0.29, 0.717) is 22.6 Å². The second-order valence-corrected chi connectivity index (χ2v) is 8.73. The van der Waals surface area contributed by atoms with Crippen LogP contribution in [0.4, 0.5) is 10.1 Å². The highest BCUT2D eigenvalue weighted by Crippen LogP contribution is 2.44. The molecule has 1 heterocycles. The number of Topliss-reactive ketones (excluding diaryl/α,β-unsaturated/α-hetero) is 1. The summed E-state index contributed by atoms with van der Waals surface area (Å²) >= 11 is 0. The van der Waals surface area contributed by atoms with Gasteiger partial charge >= 0.3 is 0 Å². The zero-order chi connectivity index (χ0) is 24.7. The third-order valence-electron chi connectivity index (χ3n) is 5.99. The second-order valence-electron chi connectivity index (χ2n) is 8.73. The van der Waals surface area contributed by atoms with Gasteiger partial charge in [0.2, 0.25) is 0 Å². The SMILES string of the molecule is COc1c(C)cc(C)cc1/C(O)=C1\C(=O)C(=O)N(c2cc(C)cc(C)c2)C1c1ccc(F)cc1. The number of anilines is 1.